The van der Waals surface area contributed by atoms with Gasteiger partial charge in [0.05, 0.1) is 0 Å². The summed E-state index contributed by atoms with van der Waals surface area (Å²) in [5.74, 6) is 6.10. The lowest BCUT2D eigenvalue weighted by Crippen LogP contribution is -1.85. The van der Waals surface area contributed by atoms with Gasteiger partial charge in [-0.25, -0.2) is 0 Å². The summed E-state index contributed by atoms with van der Waals surface area (Å²) in [6.45, 7) is 0. The van der Waals surface area contributed by atoms with Crippen LogP contribution in [0.25, 0.3) is 0 Å². The van der Waals surface area contributed by atoms with Crippen LogP contribution in [0.3, 0.4) is 0 Å². The molecule has 0 saturated heterocycles. The van der Waals surface area contributed by atoms with Gasteiger partial charge >= 0.3 is 0 Å². The Bertz CT molecular complexity index is 742. The maximum Gasteiger partial charge on any atom is 0.266 e. The minimum atomic E-state index is -1.65. The van der Waals surface area contributed by atoms with E-state index in [0.717, 1.165) is 34.4 Å². The Labute approximate surface area is 150 Å². The molecule has 0 radical (unpaired) electrons. The smallest absolute Gasteiger partial charge is 0.174 e. The standard InChI is InChI=1S/C22H18F4/c23-21(24)5-1-3-17-7-11-19(12-8-17)15-16-20-13-9-18(10-14-20)4-2-6-22(25)26/h5-14H,1-4H2. The Balaban J connectivity index is 1.92. The number of hydrogen-bond donors (Lipinski definition) is 0. The highest BCUT2D eigenvalue weighted by atomic mass is 19.3. The van der Waals surface area contributed by atoms with E-state index in [4.69, 9.17) is 0 Å². The van der Waals surface area contributed by atoms with Gasteiger partial charge in [-0.3, -0.25) is 0 Å². The Morgan fingerprint density at radius 1 is 0.615 bits per heavy atom. The number of hydrogen-bond acceptors (Lipinski definition) is 0. The van der Waals surface area contributed by atoms with Crippen LogP contribution in [0.15, 0.2) is 72.8 Å². The van der Waals surface area contributed by atoms with Gasteiger partial charge in [0.25, 0.3) is 12.2 Å². The lowest BCUT2D eigenvalue weighted by atomic mass is 10.1. The first-order chi connectivity index (χ1) is 12.5. The largest absolute Gasteiger partial charge is 0.266 e. The van der Waals surface area contributed by atoms with Crippen molar-refractivity contribution in [3.05, 3.63) is 95.1 Å². The van der Waals surface area contributed by atoms with Gasteiger partial charge in [-0.15, -0.1) is 0 Å². The zero-order chi connectivity index (χ0) is 18.8. The van der Waals surface area contributed by atoms with Crippen LogP contribution < -0.4 is 0 Å². The number of aryl methyl sites for hydroxylation is 2. The first kappa shape index (κ1) is 19.5. The molecule has 0 saturated carbocycles. The van der Waals surface area contributed by atoms with Gasteiger partial charge in [0, 0.05) is 11.1 Å². The highest BCUT2D eigenvalue weighted by Crippen LogP contribution is 2.10. The topological polar surface area (TPSA) is 0 Å². The van der Waals surface area contributed by atoms with E-state index in [1.807, 2.05) is 48.5 Å². The Kier molecular flexibility index (Phi) is 7.70. The quantitative estimate of drug-likeness (QED) is 0.408. The summed E-state index contributed by atoms with van der Waals surface area (Å²) in [5.41, 5.74) is 3.65. The predicted octanol–water partition coefficient (Wildman–Crippen LogP) is 6.51. The normalized spacial score (nSPS) is 9.85. The van der Waals surface area contributed by atoms with Crippen LogP contribution in [-0.4, -0.2) is 0 Å². The van der Waals surface area contributed by atoms with Crippen molar-refractivity contribution in [3.63, 3.8) is 0 Å². The highest BCUT2D eigenvalue weighted by Gasteiger charge is 1.96. The molecule has 0 bridgehead atoms. The molecule has 0 aliphatic rings. The minimum absolute atomic E-state index is 0.313. The number of allylic oxidation sites excluding steroid dienone is 2. The molecule has 0 aromatic heterocycles. The average molecular weight is 358 g/mol. The summed E-state index contributed by atoms with van der Waals surface area (Å²) in [4.78, 5) is 0. The van der Waals surface area contributed by atoms with E-state index in [0.29, 0.717) is 25.7 Å². The maximum atomic E-state index is 12.0. The SMILES string of the molecule is FC(F)=CCCc1ccc(C#Cc2ccc(CCC=C(F)F)cc2)cc1. The van der Waals surface area contributed by atoms with E-state index >= 15 is 0 Å². The van der Waals surface area contributed by atoms with Gasteiger partial charge in [0.2, 0.25) is 0 Å². The minimum Gasteiger partial charge on any atom is -0.174 e. The molecule has 0 nitrogen and oxygen atoms in total. The van der Waals surface area contributed by atoms with Gasteiger partial charge in [0.1, 0.15) is 0 Å². The van der Waals surface area contributed by atoms with Gasteiger partial charge in [-0.05, 0) is 73.2 Å². The molecular weight excluding hydrogens is 340 g/mol. The zero-order valence-corrected chi connectivity index (χ0v) is 14.1. The van der Waals surface area contributed by atoms with Crippen LogP contribution >= 0.6 is 0 Å². The predicted molar refractivity (Wildman–Crippen MR) is 96.1 cm³/mol. The average Bonchev–Trinajstić information content (AvgIpc) is 2.61. The molecule has 2 aromatic carbocycles. The molecule has 0 amide bonds. The third-order valence-corrected chi connectivity index (χ3v) is 3.72. The summed E-state index contributed by atoms with van der Waals surface area (Å²) in [6, 6.07) is 15.0. The lowest BCUT2D eigenvalue weighted by molar-refractivity contribution is 0.416. The van der Waals surface area contributed by atoms with Crippen molar-refractivity contribution < 1.29 is 17.6 Å². The third-order valence-electron chi connectivity index (χ3n) is 3.72. The van der Waals surface area contributed by atoms with Gasteiger partial charge in [0.15, 0.2) is 0 Å². The van der Waals surface area contributed by atoms with Crippen molar-refractivity contribution in [2.24, 2.45) is 0 Å². The second-order valence-corrected chi connectivity index (χ2v) is 5.71. The van der Waals surface area contributed by atoms with Gasteiger partial charge in [-0.2, -0.15) is 17.6 Å². The van der Waals surface area contributed by atoms with Crippen LogP contribution in [0.1, 0.15) is 35.1 Å². The van der Waals surface area contributed by atoms with E-state index < -0.39 is 12.2 Å². The van der Waals surface area contributed by atoms with Crippen molar-refractivity contribution in [2.75, 3.05) is 0 Å². The molecule has 2 aromatic rings. The van der Waals surface area contributed by atoms with Gasteiger partial charge in [-0.1, -0.05) is 36.1 Å². The van der Waals surface area contributed by atoms with E-state index in [2.05, 4.69) is 11.8 Å². The Hall–Kier alpha value is -2.80. The fraction of sp³-hybridized carbons (Fsp3) is 0.182. The molecule has 0 spiro atoms. The molecule has 0 heterocycles. The second kappa shape index (κ2) is 10.2. The van der Waals surface area contributed by atoms with Crippen LogP contribution in [0.4, 0.5) is 17.6 Å². The molecule has 0 aliphatic carbocycles. The number of rotatable bonds is 6. The summed E-state index contributed by atoms with van der Waals surface area (Å²) >= 11 is 0. The van der Waals surface area contributed by atoms with Crippen LogP contribution in [0.5, 0.6) is 0 Å². The van der Waals surface area contributed by atoms with E-state index in [1.54, 1.807) is 0 Å². The van der Waals surface area contributed by atoms with E-state index in [1.165, 1.54) is 0 Å². The fourth-order valence-electron chi connectivity index (χ4n) is 2.35. The molecule has 0 aliphatic heterocycles. The summed E-state index contributed by atoms with van der Waals surface area (Å²) < 4.78 is 48.0. The van der Waals surface area contributed by atoms with Gasteiger partial charge < -0.3 is 0 Å². The molecule has 0 fully saturated rings. The summed E-state index contributed by atoms with van der Waals surface area (Å²) in [6.07, 6.45) is 0.293. The van der Waals surface area contributed by atoms with E-state index in [-0.39, 0.29) is 0 Å². The fourth-order valence-corrected chi connectivity index (χ4v) is 2.35. The Morgan fingerprint density at radius 3 is 1.27 bits per heavy atom. The van der Waals surface area contributed by atoms with Crippen LogP contribution in [-0.2, 0) is 12.8 Å². The second-order valence-electron chi connectivity index (χ2n) is 5.71. The van der Waals surface area contributed by atoms with Crippen molar-refractivity contribution in [3.8, 4) is 11.8 Å². The van der Waals surface area contributed by atoms with Crippen molar-refractivity contribution in [2.45, 2.75) is 25.7 Å². The summed E-state index contributed by atoms with van der Waals surface area (Å²) in [7, 11) is 0. The van der Waals surface area contributed by atoms with E-state index in [9.17, 15) is 17.6 Å². The maximum absolute atomic E-state index is 12.0. The van der Waals surface area contributed by atoms with Crippen molar-refractivity contribution >= 4 is 0 Å². The van der Waals surface area contributed by atoms with Crippen molar-refractivity contribution in [1.29, 1.82) is 0 Å². The molecule has 4 heteroatoms. The Morgan fingerprint density at radius 2 is 0.962 bits per heavy atom. The molecule has 0 N–H and O–H groups in total. The number of benzene rings is 2. The van der Waals surface area contributed by atoms with Crippen LogP contribution in [0.2, 0.25) is 0 Å². The summed E-state index contributed by atoms with van der Waals surface area (Å²) in [5, 5.41) is 0. The molecular formula is C22H18F4. The molecule has 134 valence electrons. The van der Waals surface area contributed by atoms with Crippen molar-refractivity contribution in [1.82, 2.24) is 0 Å². The monoisotopic (exact) mass is 358 g/mol. The molecule has 26 heavy (non-hydrogen) atoms. The highest BCUT2D eigenvalue weighted by molar-refractivity contribution is 5.44. The zero-order valence-electron chi connectivity index (χ0n) is 14.1. The molecule has 2 rings (SSSR count). The first-order valence-electron chi connectivity index (χ1n) is 8.25. The molecule has 0 atom stereocenters. The number of halogens is 4. The molecule has 0 unspecified atom stereocenters. The lowest BCUT2D eigenvalue weighted by Gasteiger charge is -1.99. The van der Waals surface area contributed by atoms with Crippen LogP contribution in [0, 0.1) is 11.8 Å². The third kappa shape index (κ3) is 7.40. The first-order valence-corrected chi connectivity index (χ1v) is 8.25.